The second-order valence-corrected chi connectivity index (χ2v) is 9.41. The van der Waals surface area contributed by atoms with E-state index in [1.54, 1.807) is 6.92 Å². The van der Waals surface area contributed by atoms with E-state index in [4.69, 9.17) is 4.74 Å². The van der Waals surface area contributed by atoms with Crippen LogP contribution in [-0.4, -0.2) is 68.0 Å². The molecule has 0 unspecified atom stereocenters. The Morgan fingerprint density at radius 2 is 1.68 bits per heavy atom. The average molecular weight is 469 g/mol. The zero-order valence-corrected chi connectivity index (χ0v) is 17.2. The maximum absolute atomic E-state index is 12.9. The van der Waals surface area contributed by atoms with Gasteiger partial charge in [0.1, 0.15) is 29.5 Å². The zero-order chi connectivity index (χ0) is 22.9. The molecule has 0 N–H and O–H groups in total. The van der Waals surface area contributed by atoms with Gasteiger partial charge in [0, 0.05) is 19.3 Å². The van der Waals surface area contributed by atoms with Crippen LogP contribution < -0.4 is 9.47 Å². The van der Waals surface area contributed by atoms with Crippen LogP contribution in [0.25, 0.3) is 0 Å². The van der Waals surface area contributed by atoms with E-state index in [9.17, 15) is 30.4 Å². The second-order valence-electron chi connectivity index (χ2n) is 7.44. The van der Waals surface area contributed by atoms with Crippen LogP contribution in [0.15, 0.2) is 34.3 Å². The maximum atomic E-state index is 12.9. The van der Waals surface area contributed by atoms with E-state index in [2.05, 4.69) is 14.7 Å². The molecule has 0 saturated carbocycles. The van der Waals surface area contributed by atoms with Crippen molar-refractivity contribution < 1.29 is 39.8 Å². The summed E-state index contributed by atoms with van der Waals surface area (Å²) in [5.74, 6) is -0.620. The van der Waals surface area contributed by atoms with Crippen LogP contribution in [-0.2, 0) is 10.0 Å². The van der Waals surface area contributed by atoms with Crippen LogP contribution in [0, 0.1) is 0 Å². The first-order valence-electron chi connectivity index (χ1n) is 9.26. The van der Waals surface area contributed by atoms with Gasteiger partial charge >= 0.3 is 12.3 Å². The number of hydrogen-bond donors (Lipinski definition) is 0. The number of halogens is 5. The minimum atomic E-state index is -5.83. The van der Waals surface area contributed by atoms with E-state index in [0.717, 1.165) is 12.1 Å². The lowest BCUT2D eigenvalue weighted by molar-refractivity contribution is -0.360. The molecule has 13 heteroatoms. The first-order valence-corrected chi connectivity index (χ1v) is 10.9. The van der Waals surface area contributed by atoms with Gasteiger partial charge in [-0.1, -0.05) is 0 Å². The monoisotopic (exact) mass is 469 g/mol. The van der Waals surface area contributed by atoms with Crippen LogP contribution in [0.1, 0.15) is 19.8 Å². The number of piperidine rings is 1. The third-order valence-corrected chi connectivity index (χ3v) is 6.84. The number of rotatable bonds is 7. The Bertz CT molecular complexity index is 928. The largest absolute Gasteiger partial charge is 0.499 e. The van der Waals surface area contributed by atoms with Crippen LogP contribution in [0.2, 0.25) is 0 Å². The van der Waals surface area contributed by atoms with Gasteiger partial charge in [0.25, 0.3) is 0 Å². The highest BCUT2D eigenvalue weighted by atomic mass is 32.2. The lowest BCUT2D eigenvalue weighted by Crippen LogP contribution is -2.46. The Morgan fingerprint density at radius 1 is 1.10 bits per heavy atom. The highest BCUT2D eigenvalue weighted by Gasteiger charge is 2.61. The standard InChI is InChI=1S/C18H20F5N3O4S/c1-16(10-24-12-25-16)11-31(27,28)26-8-6-14(7-9-26)29-13-2-4-15(5-3-13)30-18(22,23)17(19,20)21/h2-5,10,12,14H,6-9,11H2,1H3/t16-/m0/s1. The van der Waals surface area contributed by atoms with Gasteiger partial charge in [-0.05, 0) is 44.0 Å². The molecule has 0 spiro atoms. The molecule has 0 aromatic heterocycles. The van der Waals surface area contributed by atoms with Crippen LogP contribution in [0.5, 0.6) is 11.5 Å². The first-order chi connectivity index (χ1) is 14.3. The molecule has 1 atom stereocenters. The van der Waals surface area contributed by atoms with Gasteiger partial charge in [0.2, 0.25) is 10.0 Å². The molecule has 0 bridgehead atoms. The van der Waals surface area contributed by atoms with E-state index in [1.807, 2.05) is 0 Å². The van der Waals surface area contributed by atoms with Crippen LogP contribution in [0.3, 0.4) is 0 Å². The topological polar surface area (TPSA) is 80.6 Å². The second kappa shape index (κ2) is 8.34. The molecule has 0 amide bonds. The fraction of sp³-hybridized carbons (Fsp3) is 0.556. The third-order valence-electron chi connectivity index (χ3n) is 4.74. The summed E-state index contributed by atoms with van der Waals surface area (Å²) in [5, 5.41) is 0. The summed E-state index contributed by atoms with van der Waals surface area (Å²) >= 11 is 0. The number of nitrogens with zero attached hydrogens (tertiary/aromatic N) is 3. The molecule has 2 heterocycles. The highest BCUT2D eigenvalue weighted by Crippen LogP contribution is 2.37. The molecule has 1 aromatic rings. The van der Waals surface area contributed by atoms with Crippen molar-refractivity contribution in [1.82, 2.24) is 4.31 Å². The zero-order valence-electron chi connectivity index (χ0n) is 16.3. The van der Waals surface area contributed by atoms with Gasteiger partial charge in [-0.15, -0.1) is 0 Å². The van der Waals surface area contributed by atoms with Crippen molar-refractivity contribution in [3.63, 3.8) is 0 Å². The number of benzene rings is 1. The molecule has 2 aliphatic heterocycles. The number of alkyl halides is 5. The summed E-state index contributed by atoms with van der Waals surface area (Å²) in [4.78, 5) is 7.90. The molecule has 7 nitrogen and oxygen atoms in total. The normalized spacial score (nSPS) is 23.3. The molecule has 3 rings (SSSR count). The molecule has 1 fully saturated rings. The fourth-order valence-corrected chi connectivity index (χ4v) is 4.98. The van der Waals surface area contributed by atoms with Crippen molar-refractivity contribution in [2.75, 3.05) is 18.8 Å². The van der Waals surface area contributed by atoms with Gasteiger partial charge in [0.15, 0.2) is 0 Å². The van der Waals surface area contributed by atoms with Crippen molar-refractivity contribution in [3.8, 4) is 11.5 Å². The maximum Gasteiger partial charge on any atom is 0.499 e. The van der Waals surface area contributed by atoms with Gasteiger partial charge in [-0.2, -0.15) is 22.0 Å². The van der Waals surface area contributed by atoms with Crippen LogP contribution in [0.4, 0.5) is 22.0 Å². The molecular formula is C18H20F5N3O4S. The SMILES string of the molecule is C[C@@]1(CS(=O)(=O)N2CCC(Oc3ccc(OC(F)(F)C(F)(F)F)cc3)CC2)C=NC=N1. The third kappa shape index (κ3) is 5.70. The molecule has 172 valence electrons. The molecular weight excluding hydrogens is 449 g/mol. The number of sulfonamides is 1. The lowest BCUT2D eigenvalue weighted by Gasteiger charge is -2.32. The van der Waals surface area contributed by atoms with Crippen molar-refractivity contribution in [3.05, 3.63) is 24.3 Å². The smallest absolute Gasteiger partial charge is 0.490 e. The molecule has 2 aliphatic rings. The van der Waals surface area contributed by atoms with E-state index in [-0.39, 0.29) is 30.7 Å². The van der Waals surface area contributed by atoms with Gasteiger partial charge < -0.3 is 9.47 Å². The summed E-state index contributed by atoms with van der Waals surface area (Å²) in [6.07, 6.45) is -7.90. The molecule has 1 saturated heterocycles. The average Bonchev–Trinajstić information content (AvgIpc) is 3.08. The number of aliphatic imine (C=N–C) groups is 2. The van der Waals surface area contributed by atoms with Crippen LogP contribution >= 0.6 is 0 Å². The Morgan fingerprint density at radius 3 is 2.19 bits per heavy atom. The summed E-state index contributed by atoms with van der Waals surface area (Å²) in [6, 6.07) is 4.31. The Labute approximate surface area is 175 Å². The molecule has 0 aliphatic carbocycles. The number of hydrogen-bond acceptors (Lipinski definition) is 6. The van der Waals surface area contributed by atoms with Gasteiger partial charge in [-0.25, -0.2) is 17.7 Å². The van der Waals surface area contributed by atoms with Crippen molar-refractivity contribution in [2.45, 2.75) is 43.7 Å². The summed E-state index contributed by atoms with van der Waals surface area (Å²) < 4.78 is 98.5. The van der Waals surface area contributed by atoms with E-state index >= 15 is 0 Å². The van der Waals surface area contributed by atoms with Crippen molar-refractivity contribution in [1.29, 1.82) is 0 Å². The Hall–Kier alpha value is -2.28. The minimum Gasteiger partial charge on any atom is -0.490 e. The van der Waals surface area contributed by atoms with Gasteiger partial charge in [-0.3, -0.25) is 4.99 Å². The number of ether oxygens (including phenoxy) is 2. The van der Waals surface area contributed by atoms with E-state index in [0.29, 0.717) is 12.8 Å². The van der Waals surface area contributed by atoms with E-state index < -0.39 is 33.6 Å². The Balaban J connectivity index is 1.52. The van der Waals surface area contributed by atoms with Crippen molar-refractivity contribution >= 4 is 22.6 Å². The first kappa shape index (κ1) is 23.4. The lowest BCUT2D eigenvalue weighted by atomic mass is 10.1. The van der Waals surface area contributed by atoms with Crippen molar-refractivity contribution in [2.24, 2.45) is 9.98 Å². The fourth-order valence-electron chi connectivity index (χ4n) is 3.14. The van der Waals surface area contributed by atoms with Gasteiger partial charge in [0.05, 0.1) is 5.75 Å². The van der Waals surface area contributed by atoms with E-state index in [1.165, 1.54) is 29.0 Å². The minimum absolute atomic E-state index is 0.199. The Kier molecular flexibility index (Phi) is 6.29. The molecule has 0 radical (unpaired) electrons. The predicted octanol–water partition coefficient (Wildman–Crippen LogP) is 3.26. The quantitative estimate of drug-likeness (QED) is 0.575. The summed E-state index contributed by atoms with van der Waals surface area (Å²) in [6.45, 7) is 2.12. The highest BCUT2D eigenvalue weighted by molar-refractivity contribution is 7.89. The predicted molar refractivity (Wildman–Crippen MR) is 102 cm³/mol. The molecule has 1 aromatic carbocycles. The molecule has 31 heavy (non-hydrogen) atoms. The summed E-state index contributed by atoms with van der Waals surface area (Å²) in [7, 11) is -3.56. The summed E-state index contributed by atoms with van der Waals surface area (Å²) in [5.41, 5.74) is -0.890.